The highest BCUT2D eigenvalue weighted by Gasteiger charge is 2.15. The van der Waals surface area contributed by atoms with Gasteiger partial charge in [0.1, 0.15) is 5.75 Å². The second-order valence-electron chi connectivity index (χ2n) is 4.27. The molecule has 1 unspecified atom stereocenters. The zero-order valence-electron chi connectivity index (χ0n) is 11.1. The van der Waals surface area contributed by atoms with Crippen molar-refractivity contribution in [1.82, 2.24) is 5.43 Å². The van der Waals surface area contributed by atoms with E-state index in [2.05, 4.69) is 21.4 Å². The maximum Gasteiger partial charge on any atom is 0.119 e. The van der Waals surface area contributed by atoms with Gasteiger partial charge in [-0.3, -0.25) is 5.84 Å². The molecule has 0 saturated carbocycles. The Bertz CT molecular complexity index is 575. The quantitative estimate of drug-likeness (QED) is 0.628. The molecule has 2 rings (SSSR count). The van der Waals surface area contributed by atoms with Crippen LogP contribution in [0.4, 0.5) is 0 Å². The van der Waals surface area contributed by atoms with E-state index in [9.17, 15) is 0 Å². The van der Waals surface area contributed by atoms with Crippen LogP contribution in [0.15, 0.2) is 46.9 Å². The fourth-order valence-corrected chi connectivity index (χ4v) is 2.94. The molecule has 0 amide bonds. The summed E-state index contributed by atoms with van der Waals surface area (Å²) in [5, 5.41) is 0.683. The first-order chi connectivity index (χ1) is 9.65. The van der Waals surface area contributed by atoms with Crippen molar-refractivity contribution in [3.63, 3.8) is 0 Å². The monoisotopic (exact) mass is 354 g/mol. The topological polar surface area (TPSA) is 47.3 Å². The van der Waals surface area contributed by atoms with Gasteiger partial charge in [0.15, 0.2) is 0 Å². The zero-order chi connectivity index (χ0) is 14.5. The summed E-state index contributed by atoms with van der Waals surface area (Å²) in [6.07, 6.45) is 0. The maximum atomic E-state index is 5.97. The Hall–Kier alpha value is -1.07. The minimum absolute atomic E-state index is 0.114. The van der Waals surface area contributed by atoms with Gasteiger partial charge >= 0.3 is 0 Å². The molecule has 0 aliphatic carbocycles. The fraction of sp³-hybridized carbons (Fsp3) is 0.200. The molecule has 0 aromatic heterocycles. The predicted molar refractivity (Wildman–Crippen MR) is 85.9 cm³/mol. The van der Waals surface area contributed by atoms with Crippen LogP contribution in [0.5, 0.6) is 5.75 Å². The summed E-state index contributed by atoms with van der Waals surface area (Å²) in [4.78, 5) is 0. The van der Waals surface area contributed by atoms with Gasteiger partial charge in [0.05, 0.1) is 12.6 Å². The van der Waals surface area contributed by atoms with Crippen molar-refractivity contribution < 1.29 is 4.74 Å². The first-order valence-electron chi connectivity index (χ1n) is 6.29. The Kier molecular flexibility index (Phi) is 5.43. The molecule has 2 aromatic rings. The molecule has 3 N–H and O–H groups in total. The molecule has 0 aliphatic rings. The summed E-state index contributed by atoms with van der Waals surface area (Å²) in [5.41, 5.74) is 4.92. The molecule has 5 heteroatoms. The van der Waals surface area contributed by atoms with Crippen LogP contribution < -0.4 is 16.0 Å². The van der Waals surface area contributed by atoms with Gasteiger partial charge in [-0.05, 0) is 42.3 Å². The molecule has 0 saturated heterocycles. The highest BCUT2D eigenvalue weighted by atomic mass is 79.9. The Balaban J connectivity index is 2.31. The smallest absolute Gasteiger partial charge is 0.119 e. The summed E-state index contributed by atoms with van der Waals surface area (Å²) in [7, 11) is 0. The van der Waals surface area contributed by atoms with Crippen molar-refractivity contribution in [2.75, 3.05) is 6.61 Å². The number of ether oxygens (including phenoxy) is 1. The summed E-state index contributed by atoms with van der Waals surface area (Å²) in [6.45, 7) is 2.61. The Morgan fingerprint density at radius 3 is 2.50 bits per heavy atom. The molecule has 0 fully saturated rings. The standard InChI is InChI=1S/C15H16BrClN2O/c1-2-20-12-6-3-10(4-7-12)15(19-18)13-8-5-11(17)9-14(13)16/h3-9,15,19H,2,18H2,1H3. The minimum Gasteiger partial charge on any atom is -0.494 e. The lowest BCUT2D eigenvalue weighted by Gasteiger charge is -2.19. The molecule has 20 heavy (non-hydrogen) atoms. The first kappa shape index (κ1) is 15.3. The lowest BCUT2D eigenvalue weighted by Crippen LogP contribution is -2.29. The molecule has 3 nitrogen and oxygen atoms in total. The number of hydrogen-bond acceptors (Lipinski definition) is 3. The maximum absolute atomic E-state index is 5.97. The van der Waals surface area contributed by atoms with Crippen LogP contribution in [0.1, 0.15) is 24.1 Å². The Morgan fingerprint density at radius 2 is 1.95 bits per heavy atom. The first-order valence-corrected chi connectivity index (χ1v) is 7.46. The third kappa shape index (κ3) is 3.52. The number of halogens is 2. The van der Waals surface area contributed by atoms with Crippen LogP contribution in [-0.2, 0) is 0 Å². The number of hydrogen-bond donors (Lipinski definition) is 2. The molecule has 0 heterocycles. The van der Waals surface area contributed by atoms with Crippen molar-refractivity contribution in [1.29, 1.82) is 0 Å². The number of nitrogens with one attached hydrogen (secondary N) is 1. The van der Waals surface area contributed by atoms with Crippen LogP contribution in [0.2, 0.25) is 5.02 Å². The van der Waals surface area contributed by atoms with Crippen molar-refractivity contribution in [2.45, 2.75) is 13.0 Å². The van der Waals surface area contributed by atoms with E-state index in [0.717, 1.165) is 21.3 Å². The van der Waals surface area contributed by atoms with E-state index in [0.29, 0.717) is 11.6 Å². The van der Waals surface area contributed by atoms with Crippen LogP contribution in [0.25, 0.3) is 0 Å². The number of nitrogens with two attached hydrogens (primary N) is 1. The predicted octanol–water partition coefficient (Wildman–Crippen LogP) is 4.05. The van der Waals surface area contributed by atoms with Gasteiger partial charge < -0.3 is 4.74 Å². The van der Waals surface area contributed by atoms with Crippen molar-refractivity contribution >= 4 is 27.5 Å². The molecular formula is C15H16BrClN2O. The Labute approximate surface area is 132 Å². The number of benzene rings is 2. The second-order valence-corrected chi connectivity index (χ2v) is 5.56. The molecule has 0 bridgehead atoms. The van der Waals surface area contributed by atoms with Crippen LogP contribution in [-0.4, -0.2) is 6.61 Å². The van der Waals surface area contributed by atoms with Crippen molar-refractivity contribution in [2.24, 2.45) is 5.84 Å². The number of hydrazine groups is 1. The van der Waals surface area contributed by atoms with Crippen molar-refractivity contribution in [3.05, 3.63) is 63.1 Å². The largest absolute Gasteiger partial charge is 0.494 e. The lowest BCUT2D eigenvalue weighted by atomic mass is 9.99. The molecular weight excluding hydrogens is 340 g/mol. The van der Waals surface area contributed by atoms with Gasteiger partial charge in [-0.15, -0.1) is 0 Å². The molecule has 0 spiro atoms. The van der Waals surface area contributed by atoms with E-state index in [1.165, 1.54) is 0 Å². The summed E-state index contributed by atoms with van der Waals surface area (Å²) in [6, 6.07) is 13.4. The van der Waals surface area contributed by atoms with Crippen LogP contribution in [0, 0.1) is 0 Å². The fourth-order valence-electron chi connectivity index (χ4n) is 2.02. The summed E-state index contributed by atoms with van der Waals surface area (Å²) < 4.78 is 6.36. The van der Waals surface area contributed by atoms with E-state index in [4.69, 9.17) is 22.2 Å². The normalized spacial score (nSPS) is 12.2. The van der Waals surface area contributed by atoms with Gasteiger partial charge in [-0.25, -0.2) is 5.43 Å². The zero-order valence-corrected chi connectivity index (χ0v) is 13.4. The average Bonchev–Trinajstić information content (AvgIpc) is 2.44. The van der Waals surface area contributed by atoms with E-state index < -0.39 is 0 Å². The second kappa shape index (κ2) is 7.09. The average molecular weight is 356 g/mol. The Morgan fingerprint density at radius 1 is 1.25 bits per heavy atom. The van der Waals surface area contributed by atoms with Gasteiger partial charge in [0, 0.05) is 9.50 Å². The SMILES string of the molecule is CCOc1ccc(C(NN)c2ccc(Cl)cc2Br)cc1. The molecule has 1 atom stereocenters. The van der Waals surface area contributed by atoms with Gasteiger partial charge in [-0.2, -0.15) is 0 Å². The van der Waals surface area contributed by atoms with Crippen molar-refractivity contribution in [3.8, 4) is 5.75 Å². The summed E-state index contributed by atoms with van der Waals surface area (Å²) in [5.74, 6) is 6.55. The van der Waals surface area contributed by atoms with Gasteiger partial charge in [0.25, 0.3) is 0 Å². The minimum atomic E-state index is -0.114. The molecule has 0 aliphatic heterocycles. The third-order valence-electron chi connectivity index (χ3n) is 2.96. The van der Waals surface area contributed by atoms with E-state index in [1.807, 2.05) is 49.4 Å². The van der Waals surface area contributed by atoms with E-state index in [-0.39, 0.29) is 6.04 Å². The van der Waals surface area contributed by atoms with Crippen LogP contribution in [0.3, 0.4) is 0 Å². The van der Waals surface area contributed by atoms with E-state index >= 15 is 0 Å². The summed E-state index contributed by atoms with van der Waals surface area (Å²) >= 11 is 9.49. The van der Waals surface area contributed by atoms with E-state index in [1.54, 1.807) is 0 Å². The third-order valence-corrected chi connectivity index (χ3v) is 3.89. The number of rotatable bonds is 5. The highest BCUT2D eigenvalue weighted by Crippen LogP contribution is 2.31. The lowest BCUT2D eigenvalue weighted by molar-refractivity contribution is 0.340. The molecule has 0 radical (unpaired) electrons. The molecule has 2 aromatic carbocycles. The highest BCUT2D eigenvalue weighted by molar-refractivity contribution is 9.10. The van der Waals surface area contributed by atoms with Crippen LogP contribution >= 0.6 is 27.5 Å². The molecule has 106 valence electrons. The van der Waals surface area contributed by atoms with Gasteiger partial charge in [-0.1, -0.05) is 45.7 Å². The van der Waals surface area contributed by atoms with Gasteiger partial charge in [0.2, 0.25) is 0 Å².